The molecule has 0 N–H and O–H groups in total. The Kier molecular flexibility index (Phi) is 21.3. The highest BCUT2D eigenvalue weighted by Gasteiger charge is 2.16. The Labute approximate surface area is 389 Å². The predicted octanol–water partition coefficient (Wildman–Crippen LogP) is 14.2. The number of esters is 2. The van der Waals surface area contributed by atoms with E-state index in [1.165, 1.54) is 69.6 Å². The fourth-order valence-corrected chi connectivity index (χ4v) is 7.25. The van der Waals surface area contributed by atoms with Gasteiger partial charge in [-0.1, -0.05) is 99.4 Å². The van der Waals surface area contributed by atoms with E-state index in [1.54, 1.807) is 72.8 Å². The number of Topliss-reactive ketones (excluding diaryl/α,β-unsaturated/α-hetero) is 2. The Morgan fingerprint density at radius 1 is 0.431 bits per heavy atom. The molecule has 0 saturated heterocycles. The third kappa shape index (κ3) is 17.7. The zero-order valence-corrected chi connectivity index (χ0v) is 38.2. The molecule has 0 aliphatic carbocycles. The molecule has 0 fully saturated rings. The van der Waals surface area contributed by atoms with Gasteiger partial charge in [-0.05, 0) is 135 Å². The Balaban J connectivity index is 1.02. The minimum absolute atomic E-state index is 0.0121. The largest absolute Gasteiger partial charge is 0.494 e. The summed E-state index contributed by atoms with van der Waals surface area (Å²) in [6.07, 6.45) is 20.5. The van der Waals surface area contributed by atoms with Gasteiger partial charge in [0, 0.05) is 30.0 Å². The van der Waals surface area contributed by atoms with Gasteiger partial charge in [0.1, 0.15) is 17.2 Å². The van der Waals surface area contributed by atoms with Crippen LogP contribution in [0.4, 0.5) is 0 Å². The Morgan fingerprint density at radius 3 is 1.23 bits per heavy atom. The van der Waals surface area contributed by atoms with E-state index in [9.17, 15) is 19.2 Å². The van der Waals surface area contributed by atoms with E-state index < -0.39 is 11.9 Å². The van der Waals surface area contributed by atoms with Gasteiger partial charge in [-0.15, -0.1) is 13.2 Å². The average Bonchev–Trinajstić information content (AvgIpc) is 3.32. The van der Waals surface area contributed by atoms with Gasteiger partial charge in [0.05, 0.1) is 29.4 Å². The minimum atomic E-state index is -0.672. The highest BCUT2D eigenvalue weighted by atomic mass is 35.5. The first-order valence-corrected chi connectivity index (χ1v) is 23.3. The van der Waals surface area contributed by atoms with Gasteiger partial charge >= 0.3 is 11.9 Å². The third-order valence-electron chi connectivity index (χ3n) is 10.9. The lowest BCUT2D eigenvalue weighted by Gasteiger charge is -2.10. The Hall–Kier alpha value is -6.25. The summed E-state index contributed by atoms with van der Waals surface area (Å²) in [6.45, 7) is 8.82. The third-order valence-corrected chi connectivity index (χ3v) is 11.2. The number of halogens is 1. The van der Waals surface area contributed by atoms with Crippen LogP contribution in [0, 0.1) is 0 Å². The lowest BCUT2D eigenvalue weighted by atomic mass is 10.0. The molecule has 5 rings (SSSR count). The number of ether oxygens (including phenoxy) is 4. The molecule has 0 atom stereocenters. The zero-order chi connectivity index (χ0) is 46.1. The summed E-state index contributed by atoms with van der Waals surface area (Å²) in [5.41, 5.74) is 3.16. The molecular formula is C56H61ClO8. The van der Waals surface area contributed by atoms with Crippen molar-refractivity contribution >= 4 is 35.1 Å². The van der Waals surface area contributed by atoms with Crippen LogP contribution in [0.5, 0.6) is 23.0 Å². The van der Waals surface area contributed by atoms with Gasteiger partial charge in [0.2, 0.25) is 0 Å². The number of benzene rings is 5. The van der Waals surface area contributed by atoms with E-state index in [-0.39, 0.29) is 52.1 Å². The van der Waals surface area contributed by atoms with Crippen molar-refractivity contribution in [3.63, 3.8) is 0 Å². The predicted molar refractivity (Wildman–Crippen MR) is 259 cm³/mol. The van der Waals surface area contributed by atoms with Crippen LogP contribution in [-0.2, 0) is 12.8 Å². The van der Waals surface area contributed by atoms with Crippen LogP contribution in [0.3, 0.4) is 0 Å². The van der Waals surface area contributed by atoms with Crippen LogP contribution in [-0.4, -0.2) is 36.7 Å². The summed E-state index contributed by atoms with van der Waals surface area (Å²) in [6, 6.07) is 31.9. The number of ketones is 2. The SMILES string of the molecule is C=CCCCCCCCCOc1ccc(C(=O)Cc2ccc(C(=O)Oc3ccc(Cl)c(OC(=O)c4ccc(CC(=O)c5ccc(OCCCCCCCCC=C)cc5)cc4)c3)cc2)cc1. The molecule has 340 valence electrons. The molecule has 0 radical (unpaired) electrons. The van der Waals surface area contributed by atoms with Gasteiger partial charge < -0.3 is 18.9 Å². The second-order valence-corrected chi connectivity index (χ2v) is 16.5. The molecule has 0 aliphatic rings. The summed E-state index contributed by atoms with van der Waals surface area (Å²) < 4.78 is 22.9. The molecule has 0 saturated carbocycles. The van der Waals surface area contributed by atoms with E-state index in [1.807, 2.05) is 36.4 Å². The van der Waals surface area contributed by atoms with E-state index in [4.69, 9.17) is 30.5 Å². The molecule has 0 aliphatic heterocycles. The Bertz CT molecular complexity index is 2280. The quantitative estimate of drug-likeness (QED) is 0.0148. The van der Waals surface area contributed by atoms with Gasteiger partial charge in [0.25, 0.3) is 0 Å². The standard InChI is InChI=1S/C56H61ClO8/c1-3-5-7-9-11-13-15-17-37-62-48-31-27-44(28-32-48)52(58)39-42-19-23-46(24-20-42)55(60)64-50-35-36-51(57)54(41-50)65-56(61)47-25-21-43(22-26-47)40-53(59)45-29-33-49(34-30-45)63-38-18-16-14-12-10-8-6-4-2/h3-4,19-36,41H,1-2,5-18,37-40H2. The molecule has 5 aromatic carbocycles. The fourth-order valence-electron chi connectivity index (χ4n) is 7.09. The molecule has 0 aromatic heterocycles. The molecule has 0 amide bonds. The number of carbonyl (C=O) groups excluding carboxylic acids is 4. The molecular weight excluding hydrogens is 836 g/mol. The van der Waals surface area contributed by atoms with Gasteiger partial charge in [-0.25, -0.2) is 9.59 Å². The maximum atomic E-state index is 13.1. The lowest BCUT2D eigenvalue weighted by molar-refractivity contribution is 0.0732. The molecule has 0 unspecified atom stereocenters. The second-order valence-electron chi connectivity index (χ2n) is 16.1. The van der Waals surface area contributed by atoms with Crippen molar-refractivity contribution in [3.05, 3.63) is 179 Å². The Morgan fingerprint density at radius 2 is 0.800 bits per heavy atom. The monoisotopic (exact) mass is 896 g/mol. The first-order chi connectivity index (χ1) is 31.7. The van der Waals surface area contributed by atoms with Crippen LogP contribution in [0.15, 0.2) is 141 Å². The first kappa shape index (κ1) is 49.8. The van der Waals surface area contributed by atoms with Crippen molar-refractivity contribution in [2.45, 2.75) is 103 Å². The van der Waals surface area contributed by atoms with E-state index >= 15 is 0 Å². The summed E-state index contributed by atoms with van der Waals surface area (Å²) in [5.74, 6) is 0.195. The van der Waals surface area contributed by atoms with Crippen molar-refractivity contribution in [1.82, 2.24) is 0 Å². The number of carbonyl (C=O) groups is 4. The van der Waals surface area contributed by atoms with E-state index in [0.717, 1.165) is 61.2 Å². The number of allylic oxidation sites excluding steroid dienone is 2. The topological polar surface area (TPSA) is 105 Å². The summed E-state index contributed by atoms with van der Waals surface area (Å²) in [4.78, 5) is 52.2. The summed E-state index contributed by atoms with van der Waals surface area (Å²) in [7, 11) is 0. The molecule has 65 heavy (non-hydrogen) atoms. The molecule has 5 aromatic rings. The summed E-state index contributed by atoms with van der Waals surface area (Å²) in [5, 5.41) is 0.148. The van der Waals surface area contributed by atoms with Gasteiger partial charge in [-0.2, -0.15) is 0 Å². The highest BCUT2D eigenvalue weighted by molar-refractivity contribution is 6.32. The van der Waals surface area contributed by atoms with Crippen molar-refractivity contribution < 1.29 is 38.1 Å². The number of hydrogen-bond acceptors (Lipinski definition) is 8. The highest BCUT2D eigenvalue weighted by Crippen LogP contribution is 2.30. The van der Waals surface area contributed by atoms with Crippen LogP contribution >= 0.6 is 11.6 Å². The molecule has 8 nitrogen and oxygen atoms in total. The zero-order valence-electron chi connectivity index (χ0n) is 37.4. The number of unbranched alkanes of at least 4 members (excludes halogenated alkanes) is 12. The molecule has 0 heterocycles. The first-order valence-electron chi connectivity index (χ1n) is 22.9. The van der Waals surface area contributed by atoms with E-state index in [2.05, 4.69) is 13.2 Å². The maximum Gasteiger partial charge on any atom is 0.343 e. The van der Waals surface area contributed by atoms with Crippen LogP contribution < -0.4 is 18.9 Å². The van der Waals surface area contributed by atoms with Gasteiger partial charge in [0.15, 0.2) is 17.3 Å². The number of hydrogen-bond donors (Lipinski definition) is 0. The van der Waals surface area contributed by atoms with Gasteiger partial charge in [-0.3, -0.25) is 9.59 Å². The number of rotatable bonds is 30. The molecule has 9 heteroatoms. The molecule has 0 spiro atoms. The maximum absolute atomic E-state index is 13.1. The fraction of sp³-hybridized carbons (Fsp3) is 0.321. The molecule has 0 bridgehead atoms. The van der Waals surface area contributed by atoms with Crippen molar-refractivity contribution in [1.29, 1.82) is 0 Å². The van der Waals surface area contributed by atoms with Crippen LogP contribution in [0.25, 0.3) is 0 Å². The minimum Gasteiger partial charge on any atom is -0.494 e. The lowest BCUT2D eigenvalue weighted by Crippen LogP contribution is -2.11. The van der Waals surface area contributed by atoms with Crippen molar-refractivity contribution in [2.75, 3.05) is 13.2 Å². The van der Waals surface area contributed by atoms with Crippen molar-refractivity contribution in [2.24, 2.45) is 0 Å². The van der Waals surface area contributed by atoms with E-state index in [0.29, 0.717) is 24.3 Å². The normalized spacial score (nSPS) is 10.8. The van der Waals surface area contributed by atoms with Crippen LogP contribution in [0.1, 0.15) is 142 Å². The average molecular weight is 898 g/mol. The van der Waals surface area contributed by atoms with Crippen LogP contribution in [0.2, 0.25) is 5.02 Å². The summed E-state index contributed by atoms with van der Waals surface area (Å²) >= 11 is 6.35. The van der Waals surface area contributed by atoms with Crippen molar-refractivity contribution in [3.8, 4) is 23.0 Å². The smallest absolute Gasteiger partial charge is 0.343 e. The second kappa shape index (κ2) is 27.8.